The number of nitrogen functional groups attached to an aromatic ring is 1. The van der Waals surface area contributed by atoms with Crippen molar-refractivity contribution in [2.45, 2.75) is 12.8 Å². The molecule has 0 saturated carbocycles. The highest BCUT2D eigenvalue weighted by atomic mass is 19.4. The van der Waals surface area contributed by atoms with Crippen LogP contribution in [0, 0.1) is 15.9 Å². The molecular formula is C24H16F4N4O3. The third-order valence-corrected chi connectivity index (χ3v) is 4.99. The van der Waals surface area contributed by atoms with Crippen LogP contribution in [0.5, 0.6) is 5.75 Å². The Kier molecular flexibility index (Phi) is 6.32. The second-order valence-corrected chi connectivity index (χ2v) is 7.38. The molecule has 0 aliphatic rings. The van der Waals surface area contributed by atoms with Crippen molar-refractivity contribution < 1.29 is 27.2 Å². The van der Waals surface area contributed by atoms with Gasteiger partial charge in [-0.1, -0.05) is 42.5 Å². The smallest absolute Gasteiger partial charge is 0.416 e. The summed E-state index contributed by atoms with van der Waals surface area (Å²) in [6, 6.07) is 16.8. The third kappa shape index (κ3) is 5.18. The molecule has 11 heteroatoms. The van der Waals surface area contributed by atoms with Crippen LogP contribution in [0.25, 0.3) is 22.6 Å². The van der Waals surface area contributed by atoms with Crippen molar-refractivity contribution in [3.63, 3.8) is 0 Å². The Morgan fingerprint density at radius 1 is 0.971 bits per heavy atom. The van der Waals surface area contributed by atoms with E-state index in [-0.39, 0.29) is 29.3 Å². The standard InChI is InChI=1S/C24H16F4N4O3/c25-19-12-17(35-13-14-5-2-1-3-6-14)9-10-18(19)20-21(32(33)34)22(29)31-23(30-20)15-7-4-8-16(11-15)24(26,27)28/h1-12H,13H2,(H2,29,30,31). The van der Waals surface area contributed by atoms with Gasteiger partial charge < -0.3 is 10.5 Å². The molecule has 4 rings (SSSR count). The molecule has 178 valence electrons. The lowest BCUT2D eigenvalue weighted by molar-refractivity contribution is -0.383. The zero-order valence-electron chi connectivity index (χ0n) is 17.8. The summed E-state index contributed by atoms with van der Waals surface area (Å²) >= 11 is 0. The molecule has 0 unspecified atom stereocenters. The molecule has 0 fully saturated rings. The minimum Gasteiger partial charge on any atom is -0.489 e. The highest BCUT2D eigenvalue weighted by molar-refractivity contribution is 5.79. The number of alkyl halides is 3. The summed E-state index contributed by atoms with van der Waals surface area (Å²) in [6.45, 7) is 0.167. The summed E-state index contributed by atoms with van der Waals surface area (Å²) in [5, 5.41) is 11.6. The molecule has 0 radical (unpaired) electrons. The summed E-state index contributed by atoms with van der Waals surface area (Å²) in [5.74, 6) is -1.67. The predicted molar refractivity (Wildman–Crippen MR) is 120 cm³/mol. The normalized spacial score (nSPS) is 11.3. The van der Waals surface area contributed by atoms with Crippen LogP contribution in [-0.2, 0) is 12.8 Å². The molecule has 0 spiro atoms. The molecule has 7 nitrogen and oxygen atoms in total. The van der Waals surface area contributed by atoms with Crippen LogP contribution in [0.4, 0.5) is 29.1 Å². The fourth-order valence-electron chi connectivity index (χ4n) is 3.32. The van der Waals surface area contributed by atoms with Crippen molar-refractivity contribution in [3.05, 3.63) is 99.9 Å². The summed E-state index contributed by atoms with van der Waals surface area (Å²) in [5.41, 5.74) is 4.02. The number of benzene rings is 3. The van der Waals surface area contributed by atoms with Crippen molar-refractivity contribution >= 4 is 11.5 Å². The van der Waals surface area contributed by atoms with Crippen LogP contribution in [0.1, 0.15) is 11.1 Å². The van der Waals surface area contributed by atoms with E-state index in [0.29, 0.717) is 0 Å². The van der Waals surface area contributed by atoms with Gasteiger partial charge in [0.15, 0.2) is 11.5 Å². The van der Waals surface area contributed by atoms with E-state index in [1.807, 2.05) is 30.3 Å². The summed E-state index contributed by atoms with van der Waals surface area (Å²) in [7, 11) is 0. The number of ether oxygens (including phenoxy) is 1. The van der Waals surface area contributed by atoms with Gasteiger partial charge in [-0.15, -0.1) is 0 Å². The summed E-state index contributed by atoms with van der Waals surface area (Å²) < 4.78 is 60.0. The highest BCUT2D eigenvalue weighted by Crippen LogP contribution is 2.37. The number of hydrogen-bond acceptors (Lipinski definition) is 6. The Balaban J connectivity index is 1.75. The lowest BCUT2D eigenvalue weighted by atomic mass is 10.1. The van der Waals surface area contributed by atoms with Gasteiger partial charge in [-0.3, -0.25) is 10.1 Å². The van der Waals surface area contributed by atoms with Crippen LogP contribution < -0.4 is 10.5 Å². The Labute approximate surface area is 196 Å². The molecule has 0 saturated heterocycles. The first kappa shape index (κ1) is 23.6. The van der Waals surface area contributed by atoms with E-state index in [4.69, 9.17) is 10.5 Å². The minimum atomic E-state index is -4.63. The average molecular weight is 484 g/mol. The largest absolute Gasteiger partial charge is 0.489 e. The predicted octanol–water partition coefficient (Wildman–Crippen LogP) is 6.04. The lowest BCUT2D eigenvalue weighted by Gasteiger charge is -2.12. The molecule has 0 atom stereocenters. The minimum absolute atomic E-state index is 0.0918. The van der Waals surface area contributed by atoms with Gasteiger partial charge in [0.05, 0.1) is 10.5 Å². The fraction of sp³-hybridized carbons (Fsp3) is 0.0833. The molecule has 35 heavy (non-hydrogen) atoms. The summed E-state index contributed by atoms with van der Waals surface area (Å²) in [4.78, 5) is 18.6. The van der Waals surface area contributed by atoms with Gasteiger partial charge in [-0.2, -0.15) is 13.2 Å². The number of nitrogens with two attached hydrogens (primary N) is 1. The lowest BCUT2D eigenvalue weighted by Crippen LogP contribution is -2.07. The molecule has 0 aliphatic heterocycles. The van der Waals surface area contributed by atoms with Crippen molar-refractivity contribution in [2.75, 3.05) is 5.73 Å². The van der Waals surface area contributed by atoms with Crippen LogP contribution >= 0.6 is 0 Å². The molecule has 1 heterocycles. The number of nitro groups is 1. The maximum absolute atomic E-state index is 15.0. The monoisotopic (exact) mass is 484 g/mol. The zero-order chi connectivity index (χ0) is 25.2. The molecule has 0 amide bonds. The van der Waals surface area contributed by atoms with E-state index in [0.717, 1.165) is 29.8 Å². The number of aromatic nitrogens is 2. The molecule has 0 bridgehead atoms. The fourth-order valence-corrected chi connectivity index (χ4v) is 3.32. The second-order valence-electron chi connectivity index (χ2n) is 7.38. The number of rotatable bonds is 6. The van der Waals surface area contributed by atoms with Gasteiger partial charge in [0.1, 0.15) is 18.2 Å². The maximum Gasteiger partial charge on any atom is 0.416 e. The Bertz CT molecular complexity index is 1400. The van der Waals surface area contributed by atoms with E-state index < -0.39 is 39.7 Å². The molecule has 3 aromatic carbocycles. The molecular weight excluding hydrogens is 468 g/mol. The first-order chi connectivity index (χ1) is 16.6. The third-order valence-electron chi connectivity index (χ3n) is 4.99. The van der Waals surface area contributed by atoms with Crippen LogP contribution in [0.15, 0.2) is 72.8 Å². The quantitative estimate of drug-likeness (QED) is 0.203. The topological polar surface area (TPSA) is 104 Å². The zero-order valence-corrected chi connectivity index (χ0v) is 17.8. The van der Waals surface area contributed by atoms with Crippen LogP contribution in [0.3, 0.4) is 0 Å². The number of anilines is 1. The van der Waals surface area contributed by atoms with Crippen molar-refractivity contribution in [1.82, 2.24) is 9.97 Å². The van der Waals surface area contributed by atoms with E-state index in [1.165, 1.54) is 18.2 Å². The summed E-state index contributed by atoms with van der Waals surface area (Å²) in [6.07, 6.45) is -4.63. The van der Waals surface area contributed by atoms with Gasteiger partial charge in [0, 0.05) is 17.2 Å². The van der Waals surface area contributed by atoms with Gasteiger partial charge in [-0.05, 0) is 29.8 Å². The highest BCUT2D eigenvalue weighted by Gasteiger charge is 2.31. The first-order valence-electron chi connectivity index (χ1n) is 10.1. The molecule has 2 N–H and O–H groups in total. The Morgan fingerprint density at radius 2 is 1.71 bits per heavy atom. The van der Waals surface area contributed by atoms with Gasteiger partial charge in [0.25, 0.3) is 0 Å². The Hall–Kier alpha value is -4.54. The maximum atomic E-state index is 15.0. The van der Waals surface area contributed by atoms with Gasteiger partial charge in [0.2, 0.25) is 5.82 Å². The van der Waals surface area contributed by atoms with Crippen LogP contribution in [0.2, 0.25) is 0 Å². The van der Waals surface area contributed by atoms with Crippen molar-refractivity contribution in [1.29, 1.82) is 0 Å². The molecule has 4 aromatic rings. The van der Waals surface area contributed by atoms with E-state index >= 15 is 4.39 Å². The van der Waals surface area contributed by atoms with Gasteiger partial charge in [-0.25, -0.2) is 14.4 Å². The van der Waals surface area contributed by atoms with E-state index in [1.54, 1.807) is 0 Å². The van der Waals surface area contributed by atoms with Crippen molar-refractivity contribution in [2.24, 2.45) is 0 Å². The van der Waals surface area contributed by atoms with E-state index in [9.17, 15) is 23.3 Å². The number of halogens is 4. The SMILES string of the molecule is Nc1nc(-c2cccc(C(F)(F)F)c2)nc(-c2ccc(OCc3ccccc3)cc2F)c1[N+](=O)[O-]. The average Bonchev–Trinajstić information content (AvgIpc) is 2.82. The second kappa shape index (κ2) is 9.37. The van der Waals surface area contributed by atoms with Crippen molar-refractivity contribution in [3.8, 4) is 28.4 Å². The molecule has 0 aliphatic carbocycles. The van der Waals surface area contributed by atoms with Crippen LogP contribution in [-0.4, -0.2) is 14.9 Å². The first-order valence-corrected chi connectivity index (χ1v) is 10.1. The Morgan fingerprint density at radius 3 is 2.37 bits per heavy atom. The van der Waals surface area contributed by atoms with Gasteiger partial charge >= 0.3 is 11.9 Å². The number of hydrogen-bond donors (Lipinski definition) is 1. The van der Waals surface area contributed by atoms with E-state index in [2.05, 4.69) is 9.97 Å². The molecule has 1 aromatic heterocycles. The number of nitrogens with zero attached hydrogens (tertiary/aromatic N) is 3.